The van der Waals surface area contributed by atoms with Gasteiger partial charge in [0.2, 0.25) is 0 Å². The topological polar surface area (TPSA) is 47.3 Å². The summed E-state index contributed by atoms with van der Waals surface area (Å²) in [6, 6.07) is 8.15. The maximum Gasteiger partial charge on any atom is 0.122 e. The van der Waals surface area contributed by atoms with Crippen molar-refractivity contribution in [1.82, 2.24) is 5.43 Å². The zero-order chi connectivity index (χ0) is 10.8. The van der Waals surface area contributed by atoms with Crippen molar-refractivity contribution in [3.63, 3.8) is 0 Å². The predicted octanol–water partition coefficient (Wildman–Crippen LogP) is 1.57. The molecule has 0 radical (unpaired) electrons. The minimum absolute atomic E-state index is 0.0775. The smallest absolute Gasteiger partial charge is 0.122 e. The SMILES string of the molecule is C=C(C)C(NN)C1COc2ccccc21. The Hall–Kier alpha value is -1.32. The Labute approximate surface area is 89.9 Å². The first-order valence-electron chi connectivity index (χ1n) is 5.07. The molecule has 0 bridgehead atoms. The summed E-state index contributed by atoms with van der Waals surface area (Å²) < 4.78 is 5.61. The van der Waals surface area contributed by atoms with Gasteiger partial charge in [-0.3, -0.25) is 11.3 Å². The molecule has 2 rings (SSSR count). The molecule has 1 aromatic rings. The Bertz CT molecular complexity index is 376. The van der Waals surface area contributed by atoms with Crippen LogP contribution in [0.4, 0.5) is 0 Å². The van der Waals surface area contributed by atoms with E-state index in [-0.39, 0.29) is 12.0 Å². The van der Waals surface area contributed by atoms with Crippen molar-refractivity contribution in [2.24, 2.45) is 5.84 Å². The number of benzene rings is 1. The van der Waals surface area contributed by atoms with Crippen LogP contribution in [-0.2, 0) is 0 Å². The van der Waals surface area contributed by atoms with E-state index in [0.717, 1.165) is 11.3 Å². The third-order valence-corrected chi connectivity index (χ3v) is 2.85. The zero-order valence-electron chi connectivity index (χ0n) is 8.86. The summed E-state index contributed by atoms with van der Waals surface area (Å²) in [5.74, 6) is 6.77. The predicted molar refractivity (Wildman–Crippen MR) is 60.6 cm³/mol. The average Bonchev–Trinajstić information content (AvgIpc) is 2.63. The average molecular weight is 204 g/mol. The van der Waals surface area contributed by atoms with Gasteiger partial charge in [0, 0.05) is 11.5 Å². The van der Waals surface area contributed by atoms with Gasteiger partial charge in [-0.15, -0.1) is 0 Å². The molecule has 15 heavy (non-hydrogen) atoms. The van der Waals surface area contributed by atoms with E-state index in [1.165, 1.54) is 5.56 Å². The van der Waals surface area contributed by atoms with Crippen molar-refractivity contribution >= 4 is 0 Å². The molecule has 3 N–H and O–H groups in total. The first-order valence-corrected chi connectivity index (χ1v) is 5.07. The van der Waals surface area contributed by atoms with Crippen LogP contribution in [0, 0.1) is 0 Å². The standard InChI is InChI=1S/C12H16N2O/c1-8(2)12(14-13)10-7-15-11-6-4-3-5-9(10)11/h3-6,10,12,14H,1,7,13H2,2H3. The molecule has 1 aliphatic heterocycles. The molecule has 0 spiro atoms. The highest BCUT2D eigenvalue weighted by Crippen LogP contribution is 2.36. The molecule has 0 aromatic heterocycles. The van der Waals surface area contributed by atoms with Crippen LogP contribution >= 0.6 is 0 Å². The number of hydrogen-bond donors (Lipinski definition) is 2. The Morgan fingerprint density at radius 2 is 2.33 bits per heavy atom. The van der Waals surface area contributed by atoms with Crippen LogP contribution < -0.4 is 16.0 Å². The second-order valence-corrected chi connectivity index (χ2v) is 3.95. The number of hydrogen-bond acceptors (Lipinski definition) is 3. The normalized spacial score (nSPS) is 20.5. The summed E-state index contributed by atoms with van der Waals surface area (Å²) in [6.07, 6.45) is 0. The second kappa shape index (κ2) is 4.04. The molecule has 1 aromatic carbocycles. The number of ether oxygens (including phenoxy) is 1. The number of nitrogens with one attached hydrogen (secondary N) is 1. The highest BCUT2D eigenvalue weighted by molar-refractivity contribution is 5.41. The van der Waals surface area contributed by atoms with Crippen molar-refractivity contribution < 1.29 is 4.74 Å². The van der Waals surface area contributed by atoms with Crippen molar-refractivity contribution in [3.05, 3.63) is 42.0 Å². The Balaban J connectivity index is 2.30. The molecule has 2 unspecified atom stereocenters. The lowest BCUT2D eigenvalue weighted by atomic mass is 9.90. The lowest BCUT2D eigenvalue weighted by Crippen LogP contribution is -2.41. The van der Waals surface area contributed by atoms with Crippen LogP contribution in [0.1, 0.15) is 18.4 Å². The largest absolute Gasteiger partial charge is 0.493 e. The van der Waals surface area contributed by atoms with E-state index in [2.05, 4.69) is 18.1 Å². The summed E-state index contributed by atoms with van der Waals surface area (Å²) >= 11 is 0. The van der Waals surface area contributed by atoms with Gasteiger partial charge in [0.05, 0.1) is 12.6 Å². The van der Waals surface area contributed by atoms with Gasteiger partial charge in [0.1, 0.15) is 5.75 Å². The quantitative estimate of drug-likeness (QED) is 0.446. The maximum absolute atomic E-state index is 5.61. The van der Waals surface area contributed by atoms with E-state index in [1.807, 2.05) is 25.1 Å². The Morgan fingerprint density at radius 1 is 1.60 bits per heavy atom. The van der Waals surface area contributed by atoms with Crippen LogP contribution in [-0.4, -0.2) is 12.6 Å². The molecule has 3 nitrogen and oxygen atoms in total. The first kappa shape index (κ1) is 10.2. The van der Waals surface area contributed by atoms with E-state index in [1.54, 1.807) is 0 Å². The fourth-order valence-electron chi connectivity index (χ4n) is 2.07. The molecule has 0 amide bonds. The lowest BCUT2D eigenvalue weighted by molar-refractivity contribution is 0.309. The molecule has 0 aliphatic carbocycles. The van der Waals surface area contributed by atoms with Crippen LogP contribution in [0.15, 0.2) is 36.4 Å². The molecule has 0 saturated heterocycles. The van der Waals surface area contributed by atoms with Gasteiger partial charge in [-0.25, -0.2) is 0 Å². The molecular weight excluding hydrogens is 188 g/mol. The van der Waals surface area contributed by atoms with Crippen LogP contribution in [0.5, 0.6) is 5.75 Å². The number of para-hydroxylation sites is 1. The molecule has 1 heterocycles. The van der Waals surface area contributed by atoms with Gasteiger partial charge in [-0.2, -0.15) is 0 Å². The van der Waals surface area contributed by atoms with E-state index < -0.39 is 0 Å². The summed E-state index contributed by atoms with van der Waals surface area (Å²) in [5, 5.41) is 0. The van der Waals surface area contributed by atoms with Crippen molar-refractivity contribution in [2.45, 2.75) is 18.9 Å². The first-order chi connectivity index (χ1) is 7.24. The van der Waals surface area contributed by atoms with Crippen molar-refractivity contribution in [2.75, 3.05) is 6.61 Å². The van der Waals surface area contributed by atoms with E-state index >= 15 is 0 Å². The number of nitrogens with two attached hydrogens (primary N) is 1. The molecule has 0 saturated carbocycles. The summed E-state index contributed by atoms with van der Waals surface area (Å²) in [4.78, 5) is 0. The van der Waals surface area contributed by atoms with Crippen LogP contribution in [0.25, 0.3) is 0 Å². The van der Waals surface area contributed by atoms with Gasteiger partial charge >= 0.3 is 0 Å². The summed E-state index contributed by atoms with van der Waals surface area (Å²) in [5.41, 5.74) is 5.05. The number of hydrazine groups is 1. The van der Waals surface area contributed by atoms with Gasteiger partial charge in [-0.05, 0) is 13.0 Å². The van der Waals surface area contributed by atoms with Gasteiger partial charge < -0.3 is 4.74 Å². The maximum atomic E-state index is 5.61. The number of fused-ring (bicyclic) bond motifs is 1. The molecular formula is C12H16N2O. The Kier molecular flexibility index (Phi) is 2.75. The van der Waals surface area contributed by atoms with Crippen LogP contribution in [0.2, 0.25) is 0 Å². The lowest BCUT2D eigenvalue weighted by Gasteiger charge is -2.21. The highest BCUT2D eigenvalue weighted by Gasteiger charge is 2.30. The molecule has 80 valence electrons. The zero-order valence-corrected chi connectivity index (χ0v) is 8.86. The Morgan fingerprint density at radius 3 is 3.00 bits per heavy atom. The van der Waals surface area contributed by atoms with Gasteiger partial charge in [0.25, 0.3) is 0 Å². The second-order valence-electron chi connectivity index (χ2n) is 3.95. The summed E-state index contributed by atoms with van der Waals surface area (Å²) in [6.45, 7) is 6.59. The third-order valence-electron chi connectivity index (χ3n) is 2.85. The molecule has 3 heteroatoms. The monoisotopic (exact) mass is 204 g/mol. The van der Waals surface area contributed by atoms with E-state index in [0.29, 0.717) is 6.61 Å². The van der Waals surface area contributed by atoms with Gasteiger partial charge in [-0.1, -0.05) is 30.4 Å². The summed E-state index contributed by atoms with van der Waals surface area (Å²) in [7, 11) is 0. The molecule has 1 aliphatic rings. The van der Waals surface area contributed by atoms with Crippen molar-refractivity contribution in [3.8, 4) is 5.75 Å². The van der Waals surface area contributed by atoms with E-state index in [4.69, 9.17) is 10.6 Å². The minimum Gasteiger partial charge on any atom is -0.493 e. The fourth-order valence-corrected chi connectivity index (χ4v) is 2.07. The van der Waals surface area contributed by atoms with Gasteiger partial charge in [0.15, 0.2) is 0 Å². The fraction of sp³-hybridized carbons (Fsp3) is 0.333. The minimum atomic E-state index is 0.0775. The van der Waals surface area contributed by atoms with E-state index in [9.17, 15) is 0 Å². The highest BCUT2D eigenvalue weighted by atomic mass is 16.5. The molecule has 0 fully saturated rings. The van der Waals surface area contributed by atoms with Crippen molar-refractivity contribution in [1.29, 1.82) is 0 Å². The number of rotatable bonds is 3. The third kappa shape index (κ3) is 1.76. The molecule has 2 atom stereocenters. The van der Waals surface area contributed by atoms with Crippen LogP contribution in [0.3, 0.4) is 0 Å².